The highest BCUT2D eigenvalue weighted by Gasteiger charge is 2.57. The average molecular weight is 312 g/mol. The molecule has 2 atom stereocenters. The van der Waals surface area contributed by atoms with Gasteiger partial charge in [-0.3, -0.25) is 4.79 Å². The van der Waals surface area contributed by atoms with Crippen LogP contribution in [0.2, 0.25) is 0 Å². The van der Waals surface area contributed by atoms with E-state index in [-0.39, 0.29) is 23.3 Å². The molecule has 1 saturated carbocycles. The summed E-state index contributed by atoms with van der Waals surface area (Å²) in [7, 11) is 0. The standard InChI is InChI=1S/C19H24N2O2/c1-12-14-5-3-4-6-16(14)23-17(12)13(2)21-18(22)15-11-19(15)7-9-20-10-8-19/h3-6,13,15,20H,7-11H2,1-2H3,(H,21,22). The summed E-state index contributed by atoms with van der Waals surface area (Å²) >= 11 is 0. The van der Waals surface area contributed by atoms with Gasteiger partial charge in [-0.2, -0.15) is 0 Å². The number of furan rings is 1. The molecule has 4 heteroatoms. The minimum absolute atomic E-state index is 0.0886. The van der Waals surface area contributed by atoms with Crippen molar-refractivity contribution in [2.75, 3.05) is 13.1 Å². The molecule has 2 aromatic rings. The van der Waals surface area contributed by atoms with Gasteiger partial charge in [0, 0.05) is 16.9 Å². The molecule has 4 rings (SSSR count). The van der Waals surface area contributed by atoms with E-state index in [1.54, 1.807) is 0 Å². The van der Waals surface area contributed by atoms with Crippen molar-refractivity contribution in [1.29, 1.82) is 0 Å². The summed E-state index contributed by atoms with van der Waals surface area (Å²) in [6.45, 7) is 6.17. The van der Waals surface area contributed by atoms with Crippen LogP contribution < -0.4 is 10.6 Å². The van der Waals surface area contributed by atoms with Crippen LogP contribution in [0.25, 0.3) is 11.0 Å². The van der Waals surface area contributed by atoms with E-state index in [0.717, 1.165) is 54.6 Å². The fraction of sp³-hybridized carbons (Fsp3) is 0.526. The molecule has 2 N–H and O–H groups in total. The summed E-state index contributed by atoms with van der Waals surface area (Å²) in [6, 6.07) is 7.95. The summed E-state index contributed by atoms with van der Waals surface area (Å²) in [5.41, 5.74) is 2.29. The van der Waals surface area contributed by atoms with Crippen LogP contribution in [-0.4, -0.2) is 19.0 Å². The summed E-state index contributed by atoms with van der Waals surface area (Å²) in [4.78, 5) is 12.6. The number of aryl methyl sites for hydroxylation is 1. The predicted octanol–water partition coefficient (Wildman–Crippen LogP) is 3.31. The van der Waals surface area contributed by atoms with Gasteiger partial charge in [-0.1, -0.05) is 18.2 Å². The molecule has 0 bridgehead atoms. The van der Waals surface area contributed by atoms with E-state index in [4.69, 9.17) is 4.42 Å². The van der Waals surface area contributed by atoms with Crippen LogP contribution in [-0.2, 0) is 4.79 Å². The molecule has 122 valence electrons. The lowest BCUT2D eigenvalue weighted by Gasteiger charge is -2.23. The number of hydrogen-bond acceptors (Lipinski definition) is 3. The van der Waals surface area contributed by atoms with E-state index in [2.05, 4.69) is 23.6 Å². The van der Waals surface area contributed by atoms with E-state index in [0.29, 0.717) is 0 Å². The van der Waals surface area contributed by atoms with Gasteiger partial charge in [0.25, 0.3) is 0 Å². The quantitative estimate of drug-likeness (QED) is 0.914. The summed E-state index contributed by atoms with van der Waals surface area (Å²) in [5.74, 6) is 1.26. The van der Waals surface area contributed by atoms with Crippen molar-refractivity contribution in [1.82, 2.24) is 10.6 Å². The number of amides is 1. The zero-order valence-corrected chi connectivity index (χ0v) is 13.8. The van der Waals surface area contributed by atoms with Gasteiger partial charge in [0.2, 0.25) is 5.91 Å². The Kier molecular flexibility index (Phi) is 3.45. The van der Waals surface area contributed by atoms with Gasteiger partial charge in [0.1, 0.15) is 11.3 Å². The Hall–Kier alpha value is -1.81. The zero-order valence-electron chi connectivity index (χ0n) is 13.8. The zero-order chi connectivity index (χ0) is 16.0. The predicted molar refractivity (Wildman–Crippen MR) is 90.2 cm³/mol. The van der Waals surface area contributed by atoms with Crippen LogP contribution >= 0.6 is 0 Å². The molecule has 2 heterocycles. The number of nitrogens with one attached hydrogen (secondary N) is 2. The van der Waals surface area contributed by atoms with Crippen molar-refractivity contribution >= 4 is 16.9 Å². The number of piperidine rings is 1. The van der Waals surface area contributed by atoms with Gasteiger partial charge in [-0.25, -0.2) is 0 Å². The number of hydrogen-bond donors (Lipinski definition) is 2. The Morgan fingerprint density at radius 3 is 2.83 bits per heavy atom. The molecule has 2 aliphatic rings. The van der Waals surface area contributed by atoms with E-state index in [9.17, 15) is 4.79 Å². The highest BCUT2D eigenvalue weighted by Crippen LogP contribution is 2.58. The van der Waals surface area contributed by atoms with Gasteiger partial charge in [-0.15, -0.1) is 0 Å². The number of rotatable bonds is 3. The lowest BCUT2D eigenvalue weighted by atomic mass is 9.91. The topological polar surface area (TPSA) is 54.3 Å². The van der Waals surface area contributed by atoms with E-state index < -0.39 is 0 Å². The third-order valence-corrected chi connectivity index (χ3v) is 5.74. The smallest absolute Gasteiger partial charge is 0.224 e. The molecule has 1 spiro atoms. The maximum atomic E-state index is 12.6. The first-order chi connectivity index (χ1) is 11.1. The molecule has 4 nitrogen and oxygen atoms in total. The third-order valence-electron chi connectivity index (χ3n) is 5.74. The van der Waals surface area contributed by atoms with Crippen LogP contribution in [0.1, 0.15) is 43.6 Å². The molecule has 1 saturated heterocycles. The van der Waals surface area contributed by atoms with Crippen molar-refractivity contribution in [2.24, 2.45) is 11.3 Å². The second-order valence-electron chi connectivity index (χ2n) is 7.19. The van der Waals surface area contributed by atoms with Crippen LogP contribution in [0, 0.1) is 18.3 Å². The number of carbonyl (C=O) groups excluding carboxylic acids is 1. The van der Waals surface area contributed by atoms with Gasteiger partial charge < -0.3 is 15.1 Å². The Balaban J connectivity index is 1.48. The fourth-order valence-electron chi connectivity index (χ4n) is 4.18. The lowest BCUT2D eigenvalue weighted by Crippen LogP contribution is -2.34. The Morgan fingerprint density at radius 2 is 2.09 bits per heavy atom. The van der Waals surface area contributed by atoms with Crippen molar-refractivity contribution < 1.29 is 9.21 Å². The molecule has 0 radical (unpaired) electrons. The van der Waals surface area contributed by atoms with Gasteiger partial charge in [-0.05, 0) is 57.7 Å². The highest BCUT2D eigenvalue weighted by molar-refractivity contribution is 5.84. The molecular formula is C19H24N2O2. The summed E-state index contributed by atoms with van der Waals surface area (Å²) in [5, 5.41) is 7.69. The second-order valence-corrected chi connectivity index (χ2v) is 7.19. The molecule has 1 aliphatic carbocycles. The van der Waals surface area contributed by atoms with Crippen molar-refractivity contribution in [3.05, 3.63) is 35.6 Å². The van der Waals surface area contributed by atoms with E-state index in [1.807, 2.05) is 25.1 Å². The summed E-state index contributed by atoms with van der Waals surface area (Å²) in [6.07, 6.45) is 3.30. The number of carbonyl (C=O) groups is 1. The molecule has 1 aliphatic heterocycles. The van der Waals surface area contributed by atoms with Gasteiger partial charge in [0.15, 0.2) is 0 Å². The molecular weight excluding hydrogens is 288 g/mol. The molecule has 1 aromatic heterocycles. The molecule has 2 fully saturated rings. The molecule has 1 aromatic carbocycles. The molecule has 23 heavy (non-hydrogen) atoms. The summed E-state index contributed by atoms with van der Waals surface area (Å²) < 4.78 is 5.97. The average Bonchev–Trinajstić information content (AvgIpc) is 3.14. The van der Waals surface area contributed by atoms with Crippen molar-refractivity contribution in [2.45, 2.75) is 39.2 Å². The second kappa shape index (κ2) is 5.38. The van der Waals surface area contributed by atoms with E-state index >= 15 is 0 Å². The Labute approximate surface area is 136 Å². The van der Waals surface area contributed by atoms with Crippen LogP contribution in [0.4, 0.5) is 0 Å². The van der Waals surface area contributed by atoms with Gasteiger partial charge >= 0.3 is 0 Å². The normalized spacial score (nSPS) is 23.8. The molecule has 1 amide bonds. The number of fused-ring (bicyclic) bond motifs is 1. The van der Waals surface area contributed by atoms with Crippen molar-refractivity contribution in [3.63, 3.8) is 0 Å². The molecule has 2 unspecified atom stereocenters. The van der Waals surface area contributed by atoms with Crippen molar-refractivity contribution in [3.8, 4) is 0 Å². The first-order valence-electron chi connectivity index (χ1n) is 8.60. The van der Waals surface area contributed by atoms with E-state index in [1.165, 1.54) is 0 Å². The minimum Gasteiger partial charge on any atom is -0.459 e. The largest absolute Gasteiger partial charge is 0.459 e. The maximum Gasteiger partial charge on any atom is 0.224 e. The van der Waals surface area contributed by atoms with Crippen LogP contribution in [0.3, 0.4) is 0 Å². The van der Waals surface area contributed by atoms with Gasteiger partial charge in [0.05, 0.1) is 6.04 Å². The minimum atomic E-state index is -0.0886. The lowest BCUT2D eigenvalue weighted by molar-refractivity contribution is -0.124. The van der Waals surface area contributed by atoms with Crippen LogP contribution in [0.15, 0.2) is 28.7 Å². The maximum absolute atomic E-state index is 12.6. The first kappa shape index (κ1) is 14.8. The SMILES string of the molecule is Cc1c(C(C)NC(=O)C2CC23CCNCC3)oc2ccccc12. The number of para-hydroxylation sites is 1. The Morgan fingerprint density at radius 1 is 1.35 bits per heavy atom. The monoisotopic (exact) mass is 312 g/mol. The highest BCUT2D eigenvalue weighted by atomic mass is 16.3. The fourth-order valence-corrected chi connectivity index (χ4v) is 4.18. The third kappa shape index (κ3) is 2.45. The number of benzene rings is 1. The Bertz CT molecular complexity index is 743. The van der Waals surface area contributed by atoms with Crippen LogP contribution in [0.5, 0.6) is 0 Å². The first-order valence-corrected chi connectivity index (χ1v) is 8.60.